The zero-order valence-corrected chi connectivity index (χ0v) is 15.3. The third-order valence-corrected chi connectivity index (χ3v) is 5.50. The lowest BCUT2D eigenvalue weighted by Crippen LogP contribution is -2.23. The van der Waals surface area contributed by atoms with Crippen molar-refractivity contribution in [1.29, 1.82) is 0 Å². The van der Waals surface area contributed by atoms with Gasteiger partial charge in [-0.1, -0.05) is 19.9 Å². The molecule has 2 aromatic heterocycles. The minimum Gasteiger partial charge on any atom is -0.398 e. The predicted molar refractivity (Wildman–Crippen MR) is 104 cm³/mol. The summed E-state index contributed by atoms with van der Waals surface area (Å²) in [4.78, 5) is 17.8. The highest BCUT2D eigenvalue weighted by atomic mass is 16.3. The normalized spacial score (nSPS) is 13.7. The molecule has 3 aromatic rings. The van der Waals surface area contributed by atoms with Crippen LogP contribution in [0, 0.1) is 6.92 Å². The van der Waals surface area contributed by atoms with Crippen LogP contribution in [0.25, 0.3) is 22.3 Å². The van der Waals surface area contributed by atoms with E-state index in [9.17, 15) is 9.90 Å². The number of fused-ring (bicyclic) bond motifs is 4. The molecule has 0 aliphatic carbocycles. The number of nitrogen functional groups attached to an aromatic ring is 1. The van der Waals surface area contributed by atoms with E-state index in [4.69, 9.17) is 10.7 Å². The molecule has 5 nitrogen and oxygen atoms in total. The third kappa shape index (κ3) is 2.20. The van der Waals surface area contributed by atoms with Gasteiger partial charge in [0.15, 0.2) is 0 Å². The number of nitrogens with two attached hydrogens (primary N) is 1. The molecule has 0 fully saturated rings. The maximum atomic E-state index is 12.9. The summed E-state index contributed by atoms with van der Waals surface area (Å²) in [6.45, 7) is 6.31. The number of aliphatic hydroxyl groups excluding tert-OH is 1. The molecular weight excluding hydrogens is 326 g/mol. The summed E-state index contributed by atoms with van der Waals surface area (Å²) in [7, 11) is 0. The summed E-state index contributed by atoms with van der Waals surface area (Å²) < 4.78 is 1.77. The van der Waals surface area contributed by atoms with Crippen LogP contribution in [0.3, 0.4) is 0 Å². The van der Waals surface area contributed by atoms with Crippen LogP contribution in [0.5, 0.6) is 0 Å². The Bertz CT molecular complexity index is 1100. The standard InChI is InChI=1S/C21H23N3O2/c1-4-12-14-10-24-17(9-13(18(25)5-2)11(3)21(24)26)20(14)23-16-8-6-7-15(22)19(12)16/h6-9,18,25H,4-5,10,22H2,1-3H3. The van der Waals surface area contributed by atoms with E-state index in [1.165, 1.54) is 0 Å². The number of rotatable bonds is 3. The molecule has 1 aromatic carbocycles. The van der Waals surface area contributed by atoms with E-state index >= 15 is 0 Å². The Hall–Kier alpha value is -2.66. The lowest BCUT2D eigenvalue weighted by molar-refractivity contribution is 0.172. The minimum atomic E-state index is -0.639. The first-order valence-electron chi connectivity index (χ1n) is 9.10. The molecule has 0 saturated carbocycles. The second kappa shape index (κ2) is 5.95. The fraction of sp³-hybridized carbons (Fsp3) is 0.333. The Morgan fingerprint density at radius 2 is 2.12 bits per heavy atom. The van der Waals surface area contributed by atoms with Gasteiger partial charge in [-0.15, -0.1) is 0 Å². The van der Waals surface area contributed by atoms with Crippen LogP contribution in [-0.4, -0.2) is 14.7 Å². The van der Waals surface area contributed by atoms with Gasteiger partial charge in [-0.05, 0) is 49.1 Å². The first kappa shape index (κ1) is 16.8. The van der Waals surface area contributed by atoms with Crippen molar-refractivity contribution >= 4 is 16.6 Å². The molecule has 26 heavy (non-hydrogen) atoms. The van der Waals surface area contributed by atoms with Gasteiger partial charge in [-0.25, -0.2) is 4.98 Å². The largest absolute Gasteiger partial charge is 0.398 e. The van der Waals surface area contributed by atoms with Crippen molar-refractivity contribution in [2.24, 2.45) is 0 Å². The Labute approximate surface area is 152 Å². The molecule has 5 heteroatoms. The van der Waals surface area contributed by atoms with Gasteiger partial charge in [-0.2, -0.15) is 0 Å². The Kier molecular flexibility index (Phi) is 3.84. The van der Waals surface area contributed by atoms with E-state index in [1.54, 1.807) is 11.5 Å². The maximum absolute atomic E-state index is 12.9. The van der Waals surface area contributed by atoms with E-state index in [2.05, 4.69) is 6.92 Å². The molecule has 0 radical (unpaired) electrons. The quantitative estimate of drug-likeness (QED) is 0.556. The highest BCUT2D eigenvalue weighted by molar-refractivity contribution is 5.96. The van der Waals surface area contributed by atoms with Crippen molar-refractivity contribution in [1.82, 2.24) is 9.55 Å². The van der Waals surface area contributed by atoms with Crippen LogP contribution in [0.15, 0.2) is 29.1 Å². The lowest BCUT2D eigenvalue weighted by Gasteiger charge is -2.14. The number of benzene rings is 1. The van der Waals surface area contributed by atoms with Crippen molar-refractivity contribution in [3.63, 3.8) is 0 Å². The number of nitrogens with zero attached hydrogens (tertiary/aromatic N) is 2. The van der Waals surface area contributed by atoms with Crippen molar-refractivity contribution in [2.45, 2.75) is 46.3 Å². The van der Waals surface area contributed by atoms with Crippen LogP contribution >= 0.6 is 0 Å². The van der Waals surface area contributed by atoms with Crippen molar-refractivity contribution < 1.29 is 5.11 Å². The van der Waals surface area contributed by atoms with Crippen LogP contribution < -0.4 is 11.3 Å². The Morgan fingerprint density at radius 1 is 1.35 bits per heavy atom. The Morgan fingerprint density at radius 3 is 2.81 bits per heavy atom. The molecule has 4 rings (SSSR count). The monoisotopic (exact) mass is 349 g/mol. The van der Waals surface area contributed by atoms with E-state index in [0.29, 0.717) is 24.1 Å². The van der Waals surface area contributed by atoms with Gasteiger partial charge in [0.05, 0.1) is 29.6 Å². The van der Waals surface area contributed by atoms with Crippen molar-refractivity contribution in [3.8, 4) is 11.4 Å². The molecule has 1 aliphatic heterocycles. The SMILES string of the molecule is CCc1c2c(nc3cccc(N)c13)-c1cc(C(O)CC)c(C)c(=O)n1C2. The van der Waals surface area contributed by atoms with Gasteiger partial charge in [0, 0.05) is 22.2 Å². The van der Waals surface area contributed by atoms with Gasteiger partial charge in [0.1, 0.15) is 0 Å². The molecule has 1 aliphatic rings. The van der Waals surface area contributed by atoms with Gasteiger partial charge in [0.25, 0.3) is 5.56 Å². The summed E-state index contributed by atoms with van der Waals surface area (Å²) >= 11 is 0. The zero-order valence-electron chi connectivity index (χ0n) is 15.3. The molecule has 0 amide bonds. The highest BCUT2D eigenvalue weighted by Gasteiger charge is 2.28. The van der Waals surface area contributed by atoms with Gasteiger partial charge < -0.3 is 15.4 Å². The van der Waals surface area contributed by atoms with Gasteiger partial charge in [-0.3, -0.25) is 4.79 Å². The summed E-state index contributed by atoms with van der Waals surface area (Å²) in [6.07, 6.45) is 0.750. The van der Waals surface area contributed by atoms with E-state index in [0.717, 1.165) is 45.5 Å². The number of hydrogen-bond acceptors (Lipinski definition) is 4. The summed E-state index contributed by atoms with van der Waals surface area (Å²) in [5.74, 6) is 0. The second-order valence-corrected chi connectivity index (χ2v) is 6.94. The van der Waals surface area contributed by atoms with Crippen LogP contribution in [0.1, 0.15) is 48.6 Å². The van der Waals surface area contributed by atoms with Crippen LogP contribution in [-0.2, 0) is 13.0 Å². The maximum Gasteiger partial charge on any atom is 0.254 e. The highest BCUT2D eigenvalue weighted by Crippen LogP contribution is 2.38. The molecular formula is C21H23N3O2. The summed E-state index contributed by atoms with van der Waals surface area (Å²) in [5, 5.41) is 11.3. The fourth-order valence-electron chi connectivity index (χ4n) is 4.08. The summed E-state index contributed by atoms with van der Waals surface area (Å²) in [6, 6.07) is 7.69. The molecule has 3 N–H and O–H groups in total. The minimum absolute atomic E-state index is 0.0536. The average molecular weight is 349 g/mol. The number of hydrogen-bond donors (Lipinski definition) is 2. The molecule has 1 atom stereocenters. The Balaban J connectivity index is 2.07. The first-order chi connectivity index (χ1) is 12.5. The molecule has 0 saturated heterocycles. The number of pyridine rings is 2. The van der Waals surface area contributed by atoms with Crippen LogP contribution in [0.4, 0.5) is 5.69 Å². The molecule has 1 unspecified atom stereocenters. The fourth-order valence-corrected chi connectivity index (χ4v) is 4.08. The predicted octanol–water partition coefficient (Wildman–Crippen LogP) is 3.32. The third-order valence-electron chi connectivity index (χ3n) is 5.50. The second-order valence-electron chi connectivity index (χ2n) is 6.94. The zero-order chi connectivity index (χ0) is 18.6. The van der Waals surface area contributed by atoms with Crippen molar-refractivity contribution in [2.75, 3.05) is 5.73 Å². The van der Waals surface area contributed by atoms with E-state index in [-0.39, 0.29) is 5.56 Å². The molecule has 0 spiro atoms. The number of aromatic nitrogens is 2. The summed E-state index contributed by atoms with van der Waals surface area (Å²) in [5.41, 5.74) is 12.9. The lowest BCUT2D eigenvalue weighted by atomic mass is 9.97. The van der Waals surface area contributed by atoms with Gasteiger partial charge >= 0.3 is 0 Å². The molecule has 134 valence electrons. The number of aliphatic hydroxyl groups is 1. The van der Waals surface area contributed by atoms with E-state index in [1.807, 2.05) is 31.2 Å². The van der Waals surface area contributed by atoms with E-state index < -0.39 is 6.10 Å². The topological polar surface area (TPSA) is 81.1 Å². The number of anilines is 1. The van der Waals surface area contributed by atoms with Crippen molar-refractivity contribution in [3.05, 3.63) is 56.9 Å². The van der Waals surface area contributed by atoms with Gasteiger partial charge in [0.2, 0.25) is 0 Å². The number of aryl methyl sites for hydroxylation is 1. The first-order valence-corrected chi connectivity index (χ1v) is 9.10. The molecule has 3 heterocycles. The molecule has 0 bridgehead atoms. The average Bonchev–Trinajstić information content (AvgIpc) is 3.01. The smallest absolute Gasteiger partial charge is 0.254 e. The van der Waals surface area contributed by atoms with Crippen LogP contribution in [0.2, 0.25) is 0 Å².